The van der Waals surface area contributed by atoms with Crippen molar-refractivity contribution in [3.8, 4) is 5.75 Å². The minimum atomic E-state index is -0.180. The highest BCUT2D eigenvalue weighted by Gasteiger charge is 2.15. The van der Waals surface area contributed by atoms with Crippen LogP contribution in [0.2, 0.25) is 0 Å². The van der Waals surface area contributed by atoms with Crippen LogP contribution >= 0.6 is 11.8 Å². The van der Waals surface area contributed by atoms with Gasteiger partial charge in [-0.15, -0.1) is 16.8 Å². The minimum absolute atomic E-state index is 0.0184. The van der Waals surface area contributed by atoms with E-state index in [0.29, 0.717) is 34.4 Å². The van der Waals surface area contributed by atoms with E-state index in [1.165, 1.54) is 11.8 Å². The summed E-state index contributed by atoms with van der Waals surface area (Å²) in [5.74, 6) is 1.32. The summed E-state index contributed by atoms with van der Waals surface area (Å²) < 4.78 is 6.96. The van der Waals surface area contributed by atoms with E-state index < -0.39 is 0 Å². The Balaban J connectivity index is 1.64. The summed E-state index contributed by atoms with van der Waals surface area (Å²) in [6.45, 7) is 6.41. The number of hydrogen-bond acceptors (Lipinski definition) is 6. The van der Waals surface area contributed by atoms with Gasteiger partial charge in [-0.3, -0.25) is 9.59 Å². The van der Waals surface area contributed by atoms with Crippen LogP contribution in [0.4, 0.5) is 0 Å². The number of carbonyl (C=O) groups excluding carboxylic acids is 2. The van der Waals surface area contributed by atoms with Gasteiger partial charge in [-0.05, 0) is 43.3 Å². The van der Waals surface area contributed by atoms with E-state index in [9.17, 15) is 9.59 Å². The van der Waals surface area contributed by atoms with E-state index in [1.807, 2.05) is 29.7 Å². The van der Waals surface area contributed by atoms with Crippen LogP contribution in [0.15, 0.2) is 66.3 Å². The van der Waals surface area contributed by atoms with Crippen LogP contribution in [-0.2, 0) is 13.1 Å². The number of amides is 1. The van der Waals surface area contributed by atoms with Crippen molar-refractivity contribution in [2.75, 3.05) is 12.9 Å². The Morgan fingerprint density at radius 2 is 1.94 bits per heavy atom. The molecule has 3 aromatic rings. The number of ketones is 1. The Morgan fingerprint density at radius 1 is 1.16 bits per heavy atom. The molecule has 3 rings (SSSR count). The number of aromatic nitrogens is 3. The van der Waals surface area contributed by atoms with Gasteiger partial charge in [-0.25, -0.2) is 0 Å². The van der Waals surface area contributed by atoms with E-state index in [0.717, 1.165) is 5.56 Å². The lowest BCUT2D eigenvalue weighted by atomic mass is 10.1. The molecule has 0 saturated carbocycles. The smallest absolute Gasteiger partial charge is 0.251 e. The van der Waals surface area contributed by atoms with Crippen molar-refractivity contribution in [3.63, 3.8) is 0 Å². The molecule has 1 amide bonds. The number of nitrogens with zero attached hydrogens (tertiary/aromatic N) is 3. The second-order valence-corrected chi connectivity index (χ2v) is 7.73. The molecule has 1 N–H and O–H groups in total. The molecule has 31 heavy (non-hydrogen) atoms. The highest BCUT2D eigenvalue weighted by molar-refractivity contribution is 7.99. The average Bonchev–Trinajstić information content (AvgIpc) is 3.17. The van der Waals surface area contributed by atoms with Gasteiger partial charge in [0.1, 0.15) is 5.75 Å². The Hall–Kier alpha value is -3.39. The number of methoxy groups -OCH3 is 1. The molecule has 0 saturated heterocycles. The first kappa shape index (κ1) is 22.3. The van der Waals surface area contributed by atoms with Crippen LogP contribution in [-0.4, -0.2) is 39.3 Å². The Kier molecular flexibility index (Phi) is 7.61. The van der Waals surface area contributed by atoms with Crippen molar-refractivity contribution in [2.45, 2.75) is 25.2 Å². The fraction of sp³-hybridized carbons (Fsp3) is 0.217. The molecular formula is C23H24N4O3S. The highest BCUT2D eigenvalue weighted by Crippen LogP contribution is 2.20. The molecule has 0 unspecified atom stereocenters. The molecule has 0 spiro atoms. The first-order valence-electron chi connectivity index (χ1n) is 9.69. The first-order valence-corrected chi connectivity index (χ1v) is 10.7. The standard InChI is InChI=1S/C23H24N4O3S/c1-4-12-27-21(14-24-22(29)18-7-5-6-16(2)13-18)25-26-23(27)31-15-20(28)17-8-10-19(30-3)11-9-17/h4-11,13H,1,12,14-15H2,2-3H3,(H,24,29). The number of rotatable bonds is 10. The first-order chi connectivity index (χ1) is 15.0. The van der Waals surface area contributed by atoms with Crippen LogP contribution in [0.3, 0.4) is 0 Å². The van der Waals surface area contributed by atoms with Gasteiger partial charge in [-0.2, -0.15) is 0 Å². The summed E-state index contributed by atoms with van der Waals surface area (Å²) in [6.07, 6.45) is 1.73. The van der Waals surface area contributed by atoms with E-state index >= 15 is 0 Å². The number of Topliss-reactive ketones (excluding diaryl/α,β-unsaturated/α-hetero) is 1. The third kappa shape index (κ3) is 5.82. The zero-order valence-corrected chi connectivity index (χ0v) is 18.3. The quantitative estimate of drug-likeness (QED) is 0.296. The SMILES string of the molecule is C=CCn1c(CNC(=O)c2cccc(C)c2)nnc1SCC(=O)c1ccc(OC)cc1. The molecule has 8 heteroatoms. The molecular weight excluding hydrogens is 412 g/mol. The monoisotopic (exact) mass is 436 g/mol. The van der Waals surface area contributed by atoms with Gasteiger partial charge >= 0.3 is 0 Å². The van der Waals surface area contributed by atoms with Crippen LogP contribution in [0.25, 0.3) is 0 Å². The summed E-state index contributed by atoms with van der Waals surface area (Å²) in [4.78, 5) is 24.9. The van der Waals surface area contributed by atoms with Crippen molar-refractivity contribution in [1.29, 1.82) is 0 Å². The third-order valence-corrected chi connectivity index (χ3v) is 5.50. The van der Waals surface area contributed by atoms with Gasteiger partial charge in [0.2, 0.25) is 0 Å². The van der Waals surface area contributed by atoms with Gasteiger partial charge < -0.3 is 14.6 Å². The molecule has 0 fully saturated rings. The topological polar surface area (TPSA) is 86.1 Å². The molecule has 160 valence electrons. The van der Waals surface area contributed by atoms with Crippen LogP contribution in [0, 0.1) is 6.92 Å². The van der Waals surface area contributed by atoms with Crippen molar-refractivity contribution < 1.29 is 14.3 Å². The maximum absolute atomic E-state index is 12.5. The Morgan fingerprint density at radius 3 is 2.61 bits per heavy atom. The number of allylic oxidation sites excluding steroid dienone is 1. The van der Waals surface area contributed by atoms with Gasteiger partial charge in [0.15, 0.2) is 16.8 Å². The zero-order chi connectivity index (χ0) is 22.2. The number of carbonyl (C=O) groups is 2. The molecule has 2 aromatic carbocycles. The molecule has 1 heterocycles. The Bertz CT molecular complexity index is 1080. The molecule has 0 aliphatic carbocycles. The average molecular weight is 437 g/mol. The lowest BCUT2D eigenvalue weighted by Crippen LogP contribution is -2.25. The maximum atomic E-state index is 12.5. The summed E-state index contributed by atoms with van der Waals surface area (Å²) in [7, 11) is 1.58. The number of thioether (sulfide) groups is 1. The number of hydrogen-bond donors (Lipinski definition) is 1. The van der Waals surface area contributed by atoms with E-state index in [-0.39, 0.29) is 24.0 Å². The predicted molar refractivity (Wildman–Crippen MR) is 121 cm³/mol. The number of benzene rings is 2. The van der Waals surface area contributed by atoms with Crippen LogP contribution in [0.5, 0.6) is 5.75 Å². The fourth-order valence-corrected chi connectivity index (χ4v) is 3.77. The number of aryl methyl sites for hydroxylation is 1. The van der Waals surface area contributed by atoms with E-state index in [4.69, 9.17) is 4.74 Å². The molecule has 0 aliphatic rings. The lowest BCUT2D eigenvalue weighted by Gasteiger charge is -2.09. The van der Waals surface area contributed by atoms with Gasteiger partial charge in [-0.1, -0.05) is 35.5 Å². The summed E-state index contributed by atoms with van der Waals surface area (Å²) >= 11 is 1.30. The third-order valence-electron chi connectivity index (χ3n) is 4.54. The zero-order valence-electron chi connectivity index (χ0n) is 17.5. The fourth-order valence-electron chi connectivity index (χ4n) is 2.91. The van der Waals surface area contributed by atoms with Crippen molar-refractivity contribution in [2.24, 2.45) is 0 Å². The number of nitrogens with one attached hydrogen (secondary N) is 1. The largest absolute Gasteiger partial charge is 0.497 e. The minimum Gasteiger partial charge on any atom is -0.497 e. The van der Waals surface area contributed by atoms with E-state index in [2.05, 4.69) is 22.1 Å². The van der Waals surface area contributed by atoms with Gasteiger partial charge in [0.05, 0.1) is 19.4 Å². The summed E-state index contributed by atoms with van der Waals surface area (Å²) in [5.41, 5.74) is 2.21. The normalized spacial score (nSPS) is 10.5. The molecule has 1 aromatic heterocycles. The summed E-state index contributed by atoms with van der Waals surface area (Å²) in [6, 6.07) is 14.4. The number of ether oxygens (including phenoxy) is 1. The lowest BCUT2D eigenvalue weighted by molar-refractivity contribution is 0.0948. The summed E-state index contributed by atoms with van der Waals surface area (Å²) in [5, 5.41) is 11.9. The molecule has 0 radical (unpaired) electrons. The van der Waals surface area contributed by atoms with Crippen molar-refractivity contribution in [3.05, 3.63) is 83.7 Å². The van der Waals surface area contributed by atoms with Gasteiger partial charge in [0.25, 0.3) is 5.91 Å². The second kappa shape index (κ2) is 10.6. The van der Waals surface area contributed by atoms with Crippen LogP contribution < -0.4 is 10.1 Å². The van der Waals surface area contributed by atoms with Crippen molar-refractivity contribution in [1.82, 2.24) is 20.1 Å². The molecule has 0 bridgehead atoms. The van der Waals surface area contributed by atoms with E-state index in [1.54, 1.807) is 43.5 Å². The maximum Gasteiger partial charge on any atom is 0.251 e. The van der Waals surface area contributed by atoms with Gasteiger partial charge in [0, 0.05) is 17.7 Å². The Labute approximate surface area is 185 Å². The molecule has 0 aliphatic heterocycles. The highest BCUT2D eigenvalue weighted by atomic mass is 32.2. The van der Waals surface area contributed by atoms with Crippen LogP contribution in [0.1, 0.15) is 32.1 Å². The predicted octanol–water partition coefficient (Wildman–Crippen LogP) is 3.69. The second-order valence-electron chi connectivity index (χ2n) is 6.79. The van der Waals surface area contributed by atoms with Crippen molar-refractivity contribution >= 4 is 23.5 Å². The molecule has 0 atom stereocenters. The molecule has 7 nitrogen and oxygen atoms in total.